The highest BCUT2D eigenvalue weighted by Crippen LogP contribution is 2.23. The molecule has 1 aromatic rings. The molecule has 4 heteroatoms. The van der Waals surface area contributed by atoms with Gasteiger partial charge in [0.15, 0.2) is 0 Å². The summed E-state index contributed by atoms with van der Waals surface area (Å²) in [4.78, 5) is 0.406. The molecule has 0 unspecified atom stereocenters. The Morgan fingerprint density at radius 2 is 1.77 bits per heavy atom. The van der Waals surface area contributed by atoms with Crippen molar-refractivity contribution in [3.63, 3.8) is 0 Å². The van der Waals surface area contributed by atoms with Crippen molar-refractivity contribution in [2.75, 3.05) is 0 Å². The quantitative estimate of drug-likeness (QED) is 0.771. The first kappa shape index (κ1) is 18.7. The number of hydrogen-bond donors (Lipinski definition) is 1. The van der Waals surface area contributed by atoms with Crippen LogP contribution in [0, 0.1) is 26.7 Å². The Morgan fingerprint density at radius 3 is 2.23 bits per heavy atom. The number of hydrogen-bond acceptors (Lipinski definition) is 2. The maximum Gasteiger partial charge on any atom is 0.241 e. The number of sulfonamides is 1. The standard InChI is InChI=1S/C18H27NO2S/c1-7-8-9-10-17(13(2)3)19-22(20,21)18-15(5)11-14(4)12-16(18)6/h8,11-13,17,19H,1,9-10H2,2-6H3/t17-/m1/s1. The van der Waals surface area contributed by atoms with Crippen LogP contribution in [-0.4, -0.2) is 14.5 Å². The van der Waals surface area contributed by atoms with Gasteiger partial charge in [0.05, 0.1) is 4.90 Å². The lowest BCUT2D eigenvalue weighted by Crippen LogP contribution is -2.39. The van der Waals surface area contributed by atoms with E-state index in [9.17, 15) is 8.42 Å². The summed E-state index contributed by atoms with van der Waals surface area (Å²) in [7, 11) is -3.52. The molecule has 122 valence electrons. The molecule has 1 N–H and O–H groups in total. The van der Waals surface area contributed by atoms with Crippen molar-refractivity contribution in [3.05, 3.63) is 47.2 Å². The lowest BCUT2D eigenvalue weighted by atomic mass is 10.0. The summed E-state index contributed by atoms with van der Waals surface area (Å²) in [5.41, 5.74) is 5.38. The Morgan fingerprint density at radius 1 is 1.23 bits per heavy atom. The van der Waals surface area contributed by atoms with Crippen LogP contribution in [0.3, 0.4) is 0 Å². The van der Waals surface area contributed by atoms with E-state index in [0.717, 1.165) is 29.5 Å². The number of rotatable bonds is 7. The molecule has 0 radical (unpaired) electrons. The van der Waals surface area contributed by atoms with Crippen LogP contribution in [0.2, 0.25) is 0 Å². The van der Waals surface area contributed by atoms with Gasteiger partial charge in [0, 0.05) is 6.04 Å². The first-order chi connectivity index (χ1) is 10.2. The van der Waals surface area contributed by atoms with E-state index in [1.54, 1.807) is 0 Å². The van der Waals surface area contributed by atoms with Crippen LogP contribution < -0.4 is 4.72 Å². The summed E-state index contributed by atoms with van der Waals surface area (Å²) in [6.07, 6.45) is 3.34. The van der Waals surface area contributed by atoms with Crippen molar-refractivity contribution < 1.29 is 8.42 Å². The molecule has 0 heterocycles. The van der Waals surface area contributed by atoms with Crippen molar-refractivity contribution in [3.8, 4) is 0 Å². The lowest BCUT2D eigenvalue weighted by molar-refractivity contribution is 0.426. The Hall–Kier alpha value is -1.35. The normalized spacial score (nSPS) is 13.0. The minimum Gasteiger partial charge on any atom is -0.208 e. The van der Waals surface area contributed by atoms with Crippen LogP contribution in [-0.2, 0) is 10.0 Å². The van der Waals surface area contributed by atoms with Gasteiger partial charge >= 0.3 is 0 Å². The maximum atomic E-state index is 12.8. The van der Waals surface area contributed by atoms with Crippen molar-refractivity contribution in [2.45, 2.75) is 58.4 Å². The van der Waals surface area contributed by atoms with Gasteiger partial charge in [0.2, 0.25) is 10.0 Å². The Kier molecular flexibility index (Phi) is 6.61. The van der Waals surface area contributed by atoms with Crippen molar-refractivity contribution in [2.24, 2.45) is 5.92 Å². The SMILES string of the molecule is C=C=CCC[C@@H](NS(=O)(=O)c1c(C)cc(C)cc1C)C(C)C. The Bertz CT molecular complexity index is 645. The fourth-order valence-electron chi connectivity index (χ4n) is 2.74. The van der Waals surface area contributed by atoms with Crippen LogP contribution in [0.1, 0.15) is 43.4 Å². The third-order valence-corrected chi connectivity index (χ3v) is 5.55. The second-order valence-electron chi connectivity index (χ2n) is 6.19. The van der Waals surface area contributed by atoms with E-state index >= 15 is 0 Å². The summed E-state index contributed by atoms with van der Waals surface area (Å²) in [6, 6.07) is 3.72. The zero-order chi connectivity index (χ0) is 16.9. The molecule has 0 bridgehead atoms. The lowest BCUT2D eigenvalue weighted by Gasteiger charge is -2.23. The summed E-state index contributed by atoms with van der Waals surface area (Å²) in [5.74, 6) is 0.221. The molecule has 0 aliphatic carbocycles. The molecule has 0 fully saturated rings. The van der Waals surface area contributed by atoms with Crippen LogP contribution in [0.15, 0.2) is 35.4 Å². The van der Waals surface area contributed by atoms with Gasteiger partial charge in [-0.15, -0.1) is 5.73 Å². The molecule has 0 aromatic heterocycles. The van der Waals surface area contributed by atoms with Gasteiger partial charge in [-0.1, -0.05) is 38.1 Å². The summed E-state index contributed by atoms with van der Waals surface area (Å²) in [6.45, 7) is 13.3. The van der Waals surface area contributed by atoms with E-state index in [0.29, 0.717) is 4.90 Å². The average Bonchev–Trinajstić information content (AvgIpc) is 2.35. The highest BCUT2D eigenvalue weighted by atomic mass is 32.2. The van der Waals surface area contributed by atoms with E-state index in [-0.39, 0.29) is 12.0 Å². The minimum atomic E-state index is -3.52. The van der Waals surface area contributed by atoms with E-state index in [4.69, 9.17) is 0 Å². The topological polar surface area (TPSA) is 46.2 Å². The zero-order valence-corrected chi connectivity index (χ0v) is 15.0. The summed E-state index contributed by atoms with van der Waals surface area (Å²) in [5, 5.41) is 0. The van der Waals surface area contributed by atoms with Crippen molar-refractivity contribution in [1.29, 1.82) is 0 Å². The average molecular weight is 321 g/mol. The van der Waals surface area contributed by atoms with Crippen molar-refractivity contribution in [1.82, 2.24) is 4.72 Å². The monoisotopic (exact) mass is 321 g/mol. The number of allylic oxidation sites excluding steroid dienone is 1. The van der Waals surface area contributed by atoms with Crippen LogP contribution in [0.4, 0.5) is 0 Å². The first-order valence-electron chi connectivity index (χ1n) is 7.63. The first-order valence-corrected chi connectivity index (χ1v) is 9.11. The predicted molar refractivity (Wildman–Crippen MR) is 92.5 cm³/mol. The van der Waals surface area contributed by atoms with E-state index in [1.807, 2.05) is 52.8 Å². The van der Waals surface area contributed by atoms with Gasteiger partial charge in [-0.2, -0.15) is 0 Å². The number of benzene rings is 1. The third kappa shape index (κ3) is 4.84. The van der Waals surface area contributed by atoms with Gasteiger partial charge in [-0.3, -0.25) is 0 Å². The fourth-order valence-corrected chi connectivity index (χ4v) is 4.61. The Labute approximate surface area is 135 Å². The molecule has 0 amide bonds. The van der Waals surface area contributed by atoms with E-state index in [2.05, 4.69) is 17.0 Å². The second kappa shape index (κ2) is 7.77. The van der Waals surface area contributed by atoms with Gasteiger partial charge in [0.1, 0.15) is 0 Å². The largest absolute Gasteiger partial charge is 0.241 e. The minimum absolute atomic E-state index is 0.102. The molecule has 0 aliphatic heterocycles. The van der Waals surface area contributed by atoms with Crippen molar-refractivity contribution >= 4 is 10.0 Å². The predicted octanol–water partition coefficient (Wildman–Crippen LogP) is 4.04. The summed E-state index contributed by atoms with van der Waals surface area (Å²) >= 11 is 0. The van der Waals surface area contributed by atoms with Crippen LogP contribution >= 0.6 is 0 Å². The maximum absolute atomic E-state index is 12.8. The molecular formula is C18H27NO2S. The van der Waals surface area contributed by atoms with Gasteiger partial charge in [0.25, 0.3) is 0 Å². The third-order valence-electron chi connectivity index (χ3n) is 3.75. The molecule has 0 aliphatic rings. The fraction of sp³-hybridized carbons (Fsp3) is 0.500. The molecule has 22 heavy (non-hydrogen) atoms. The van der Waals surface area contributed by atoms with E-state index < -0.39 is 10.0 Å². The van der Waals surface area contributed by atoms with E-state index in [1.165, 1.54) is 0 Å². The van der Waals surface area contributed by atoms with Crippen LogP contribution in [0.25, 0.3) is 0 Å². The highest BCUT2D eigenvalue weighted by Gasteiger charge is 2.25. The zero-order valence-electron chi connectivity index (χ0n) is 14.2. The molecule has 1 aromatic carbocycles. The number of nitrogens with one attached hydrogen (secondary N) is 1. The molecule has 0 saturated carbocycles. The molecule has 1 rings (SSSR count). The summed E-state index contributed by atoms with van der Waals surface area (Å²) < 4.78 is 28.4. The Balaban J connectivity index is 3.10. The smallest absolute Gasteiger partial charge is 0.208 e. The number of aryl methyl sites for hydroxylation is 3. The van der Waals surface area contributed by atoms with Gasteiger partial charge in [-0.05, 0) is 56.7 Å². The molecule has 0 spiro atoms. The van der Waals surface area contributed by atoms with Gasteiger partial charge in [-0.25, -0.2) is 13.1 Å². The second-order valence-corrected chi connectivity index (χ2v) is 7.84. The van der Waals surface area contributed by atoms with Gasteiger partial charge < -0.3 is 0 Å². The molecule has 1 atom stereocenters. The molecule has 0 saturated heterocycles. The molecule has 3 nitrogen and oxygen atoms in total. The molecular weight excluding hydrogens is 294 g/mol. The van der Waals surface area contributed by atoms with Crippen LogP contribution in [0.5, 0.6) is 0 Å². The highest BCUT2D eigenvalue weighted by molar-refractivity contribution is 7.89.